The van der Waals surface area contributed by atoms with Crippen molar-refractivity contribution in [3.8, 4) is 0 Å². The third kappa shape index (κ3) is 10.8. The Kier molecular flexibility index (Phi) is 7.21. The molecule has 110 valence electrons. The Morgan fingerprint density at radius 2 is 1.33 bits per heavy atom. The predicted molar refractivity (Wildman–Crippen MR) is 62.4 cm³/mol. The minimum absolute atomic E-state index is 0.179. The molecule has 0 saturated carbocycles. The van der Waals surface area contributed by atoms with Crippen LogP contribution in [-0.4, -0.2) is 84.9 Å². The Morgan fingerprint density at radius 1 is 0.944 bits per heavy atom. The molecule has 0 rings (SSSR count). The lowest BCUT2D eigenvalue weighted by Gasteiger charge is -2.23. The summed E-state index contributed by atoms with van der Waals surface area (Å²) in [5, 5.41) is 17.8. The molecular weight excluding hydrogens is 290 g/mol. The number of hydrogen-bond acceptors (Lipinski definition) is 7. The van der Waals surface area contributed by atoms with Gasteiger partial charge in [-0.15, -0.1) is 0 Å². The van der Waals surface area contributed by atoms with Gasteiger partial charge in [-0.05, 0) is 0 Å². The second kappa shape index (κ2) is 7.33. The SMILES string of the molecule is O=S(=O)(O)CCN(CCS(=O)(=O)O)CC(O)CO. The molecule has 18 heavy (non-hydrogen) atoms. The highest BCUT2D eigenvalue weighted by atomic mass is 32.2. The molecule has 1 unspecified atom stereocenters. The Morgan fingerprint density at radius 3 is 1.61 bits per heavy atom. The summed E-state index contributed by atoms with van der Waals surface area (Å²) in [7, 11) is -8.43. The zero-order valence-corrected chi connectivity index (χ0v) is 11.1. The van der Waals surface area contributed by atoms with Gasteiger partial charge in [-0.2, -0.15) is 16.8 Å². The van der Waals surface area contributed by atoms with E-state index in [0.717, 1.165) is 0 Å². The van der Waals surface area contributed by atoms with E-state index in [-0.39, 0.29) is 19.6 Å². The molecule has 0 spiro atoms. The quantitative estimate of drug-likeness (QED) is 0.336. The van der Waals surface area contributed by atoms with Gasteiger partial charge in [-0.25, -0.2) is 0 Å². The number of rotatable bonds is 9. The second-order valence-electron chi connectivity index (χ2n) is 3.71. The highest BCUT2D eigenvalue weighted by Crippen LogP contribution is 1.97. The van der Waals surface area contributed by atoms with Crippen molar-refractivity contribution < 1.29 is 36.2 Å². The first kappa shape index (κ1) is 17.7. The maximum Gasteiger partial charge on any atom is 0.266 e. The Balaban J connectivity index is 4.42. The summed E-state index contributed by atoms with van der Waals surface area (Å²) in [6.07, 6.45) is -1.17. The summed E-state index contributed by atoms with van der Waals surface area (Å²) in [6.45, 7) is -1.22. The fourth-order valence-electron chi connectivity index (χ4n) is 1.14. The van der Waals surface area contributed by atoms with Crippen molar-refractivity contribution >= 4 is 20.2 Å². The van der Waals surface area contributed by atoms with E-state index < -0.39 is 44.5 Å². The lowest BCUT2D eigenvalue weighted by molar-refractivity contribution is 0.0625. The molecule has 0 bridgehead atoms. The number of aliphatic hydroxyl groups excluding tert-OH is 2. The molecule has 0 fully saturated rings. The van der Waals surface area contributed by atoms with Crippen molar-refractivity contribution in [2.75, 3.05) is 37.7 Å². The number of nitrogens with zero attached hydrogens (tertiary/aromatic N) is 1. The summed E-state index contributed by atoms with van der Waals surface area (Å²) < 4.78 is 59.3. The first-order chi connectivity index (χ1) is 8.03. The Labute approximate surface area is 106 Å². The van der Waals surface area contributed by atoms with Crippen molar-refractivity contribution in [1.29, 1.82) is 0 Å². The van der Waals surface area contributed by atoms with Crippen LogP contribution in [0.2, 0.25) is 0 Å². The largest absolute Gasteiger partial charge is 0.394 e. The van der Waals surface area contributed by atoms with E-state index in [1.807, 2.05) is 0 Å². The number of aliphatic hydroxyl groups is 2. The van der Waals surface area contributed by atoms with Crippen LogP contribution in [0.3, 0.4) is 0 Å². The monoisotopic (exact) mass is 307 g/mol. The fraction of sp³-hybridized carbons (Fsp3) is 1.00. The molecule has 9 nitrogen and oxygen atoms in total. The molecule has 0 aliphatic carbocycles. The van der Waals surface area contributed by atoms with Crippen LogP contribution in [0, 0.1) is 0 Å². The van der Waals surface area contributed by atoms with Crippen LogP contribution in [0.25, 0.3) is 0 Å². The Hall–Kier alpha value is -0.300. The van der Waals surface area contributed by atoms with E-state index in [1.54, 1.807) is 0 Å². The van der Waals surface area contributed by atoms with Crippen molar-refractivity contribution in [2.45, 2.75) is 6.10 Å². The van der Waals surface area contributed by atoms with Crippen LogP contribution in [0.5, 0.6) is 0 Å². The third-order valence-electron chi connectivity index (χ3n) is 2.01. The standard InChI is InChI=1S/C7H17NO8S2/c9-6-7(10)5-8(1-3-17(11,12)13)2-4-18(14,15)16/h7,9-10H,1-6H2,(H,11,12,13)(H,14,15,16). The minimum Gasteiger partial charge on any atom is -0.394 e. The van der Waals surface area contributed by atoms with Crippen molar-refractivity contribution in [1.82, 2.24) is 4.90 Å². The van der Waals surface area contributed by atoms with E-state index in [9.17, 15) is 21.9 Å². The summed E-state index contributed by atoms with van der Waals surface area (Å²) in [4.78, 5) is 1.20. The van der Waals surface area contributed by atoms with Gasteiger partial charge < -0.3 is 10.2 Å². The predicted octanol–water partition coefficient (Wildman–Crippen LogP) is -2.58. The molecule has 0 aromatic heterocycles. The smallest absolute Gasteiger partial charge is 0.266 e. The first-order valence-corrected chi connectivity index (χ1v) is 8.17. The average molecular weight is 307 g/mol. The summed E-state index contributed by atoms with van der Waals surface area (Å²) >= 11 is 0. The van der Waals surface area contributed by atoms with Crippen LogP contribution in [-0.2, 0) is 20.2 Å². The molecule has 0 heterocycles. The van der Waals surface area contributed by atoms with Gasteiger partial charge in [0, 0.05) is 19.6 Å². The van der Waals surface area contributed by atoms with E-state index in [0.29, 0.717) is 0 Å². The molecule has 0 aliphatic rings. The summed E-state index contributed by atoms with van der Waals surface area (Å²) in [6, 6.07) is 0. The molecule has 0 radical (unpaired) electrons. The molecule has 0 aliphatic heterocycles. The lowest BCUT2D eigenvalue weighted by atomic mass is 10.3. The van der Waals surface area contributed by atoms with E-state index in [2.05, 4.69) is 0 Å². The highest BCUT2D eigenvalue weighted by Gasteiger charge is 2.16. The van der Waals surface area contributed by atoms with Crippen LogP contribution < -0.4 is 0 Å². The van der Waals surface area contributed by atoms with Gasteiger partial charge in [-0.3, -0.25) is 14.0 Å². The number of hydrogen-bond donors (Lipinski definition) is 4. The molecule has 11 heteroatoms. The third-order valence-corrected chi connectivity index (χ3v) is 3.41. The van der Waals surface area contributed by atoms with Gasteiger partial charge in [0.2, 0.25) is 0 Å². The normalized spacial score (nSPS) is 14.9. The fourth-order valence-corrected chi connectivity index (χ4v) is 2.12. The van der Waals surface area contributed by atoms with Gasteiger partial charge in [0.05, 0.1) is 24.2 Å². The average Bonchev–Trinajstić information content (AvgIpc) is 2.19. The van der Waals surface area contributed by atoms with Gasteiger partial charge in [0.25, 0.3) is 20.2 Å². The zero-order valence-electron chi connectivity index (χ0n) is 9.51. The van der Waals surface area contributed by atoms with E-state index in [4.69, 9.17) is 14.2 Å². The van der Waals surface area contributed by atoms with Crippen LogP contribution in [0.15, 0.2) is 0 Å². The van der Waals surface area contributed by atoms with Crippen molar-refractivity contribution in [3.63, 3.8) is 0 Å². The highest BCUT2D eigenvalue weighted by molar-refractivity contribution is 7.86. The summed E-state index contributed by atoms with van der Waals surface area (Å²) in [5.74, 6) is -1.28. The van der Waals surface area contributed by atoms with Crippen LogP contribution in [0.4, 0.5) is 0 Å². The van der Waals surface area contributed by atoms with E-state index >= 15 is 0 Å². The van der Waals surface area contributed by atoms with E-state index in [1.165, 1.54) is 4.90 Å². The topological polar surface area (TPSA) is 152 Å². The second-order valence-corrected chi connectivity index (χ2v) is 6.85. The van der Waals surface area contributed by atoms with Gasteiger partial charge in [-0.1, -0.05) is 0 Å². The molecule has 0 amide bonds. The molecule has 0 aromatic rings. The van der Waals surface area contributed by atoms with Gasteiger partial charge in [0.15, 0.2) is 0 Å². The van der Waals surface area contributed by atoms with Crippen molar-refractivity contribution in [2.24, 2.45) is 0 Å². The van der Waals surface area contributed by atoms with Gasteiger partial charge in [0.1, 0.15) is 0 Å². The molecule has 0 aromatic carbocycles. The maximum atomic E-state index is 10.5. The summed E-state index contributed by atoms with van der Waals surface area (Å²) in [5.41, 5.74) is 0. The lowest BCUT2D eigenvalue weighted by Crippen LogP contribution is -2.39. The minimum atomic E-state index is -4.21. The van der Waals surface area contributed by atoms with Crippen LogP contribution in [0.1, 0.15) is 0 Å². The van der Waals surface area contributed by atoms with Gasteiger partial charge >= 0.3 is 0 Å². The molecule has 4 N–H and O–H groups in total. The Bertz CT molecular complexity index is 394. The van der Waals surface area contributed by atoms with Crippen molar-refractivity contribution in [3.05, 3.63) is 0 Å². The zero-order chi connectivity index (χ0) is 14.4. The molecular formula is C7H17NO8S2. The molecule has 1 atom stereocenters. The maximum absolute atomic E-state index is 10.5. The first-order valence-electron chi connectivity index (χ1n) is 4.95. The molecule has 0 saturated heterocycles. The van der Waals surface area contributed by atoms with Crippen LogP contribution >= 0.6 is 0 Å².